The summed E-state index contributed by atoms with van der Waals surface area (Å²) in [5, 5.41) is 12.4. The van der Waals surface area contributed by atoms with E-state index >= 15 is 0 Å². The zero-order valence-electron chi connectivity index (χ0n) is 11.7. The highest BCUT2D eigenvalue weighted by atomic mass is 19.1. The van der Waals surface area contributed by atoms with Gasteiger partial charge in [-0.05, 0) is 45.7 Å². The fourth-order valence-corrected chi connectivity index (χ4v) is 1.97. The summed E-state index contributed by atoms with van der Waals surface area (Å²) in [7, 11) is 0. The molecule has 3 nitrogen and oxygen atoms in total. The van der Waals surface area contributed by atoms with Crippen molar-refractivity contribution in [1.82, 2.24) is 5.32 Å². The minimum atomic E-state index is -0.542. The van der Waals surface area contributed by atoms with Crippen molar-refractivity contribution in [3.63, 3.8) is 0 Å². The van der Waals surface area contributed by atoms with Crippen LogP contribution in [-0.4, -0.2) is 18.2 Å². The van der Waals surface area contributed by atoms with Gasteiger partial charge in [-0.3, -0.25) is 5.32 Å². The number of nitrogens with zero attached hydrogens (tertiary/aromatic N) is 1. The lowest BCUT2D eigenvalue weighted by Crippen LogP contribution is -2.45. The second kappa shape index (κ2) is 7.10. The second-order valence-corrected chi connectivity index (χ2v) is 5.15. The summed E-state index contributed by atoms with van der Waals surface area (Å²) in [4.78, 5) is 0. The van der Waals surface area contributed by atoms with Gasteiger partial charge in [0, 0.05) is 12.1 Å². The summed E-state index contributed by atoms with van der Waals surface area (Å²) < 4.78 is 18.4. The lowest BCUT2D eigenvalue weighted by atomic mass is 9.97. The maximum Gasteiger partial charge on any atom is 0.126 e. The van der Waals surface area contributed by atoms with Gasteiger partial charge in [0.05, 0.1) is 12.7 Å². The van der Waals surface area contributed by atoms with Crippen LogP contribution in [0.1, 0.15) is 33.6 Å². The molecular formula is C15H21FN2O. The molecule has 0 aliphatic rings. The minimum absolute atomic E-state index is 0.258. The average molecular weight is 264 g/mol. The van der Waals surface area contributed by atoms with Crippen LogP contribution in [0.3, 0.4) is 0 Å². The van der Waals surface area contributed by atoms with Gasteiger partial charge in [0.2, 0.25) is 0 Å². The highest BCUT2D eigenvalue weighted by Crippen LogP contribution is 2.15. The van der Waals surface area contributed by atoms with E-state index < -0.39 is 5.54 Å². The van der Waals surface area contributed by atoms with Gasteiger partial charge >= 0.3 is 0 Å². The molecule has 0 fully saturated rings. The Morgan fingerprint density at radius 3 is 2.79 bits per heavy atom. The Balaban J connectivity index is 2.36. The van der Waals surface area contributed by atoms with Gasteiger partial charge in [-0.2, -0.15) is 5.26 Å². The number of rotatable bonds is 7. The van der Waals surface area contributed by atoms with E-state index in [2.05, 4.69) is 11.4 Å². The van der Waals surface area contributed by atoms with Crippen molar-refractivity contribution in [2.24, 2.45) is 0 Å². The van der Waals surface area contributed by atoms with E-state index in [1.807, 2.05) is 20.8 Å². The molecule has 0 aliphatic carbocycles. The number of hydrogen-bond donors (Lipinski definition) is 1. The molecule has 0 amide bonds. The molecule has 0 aromatic heterocycles. The Kier molecular flexibility index (Phi) is 5.78. The van der Waals surface area contributed by atoms with E-state index in [9.17, 15) is 9.65 Å². The van der Waals surface area contributed by atoms with Crippen LogP contribution in [0.25, 0.3) is 0 Å². The second-order valence-electron chi connectivity index (χ2n) is 5.15. The smallest absolute Gasteiger partial charge is 0.126 e. The molecule has 0 bridgehead atoms. The van der Waals surface area contributed by atoms with Crippen LogP contribution in [0.4, 0.5) is 4.39 Å². The Hall–Kier alpha value is -1.60. The molecule has 0 saturated heterocycles. The minimum Gasteiger partial charge on any atom is -0.493 e. The van der Waals surface area contributed by atoms with Crippen LogP contribution in [0.5, 0.6) is 5.75 Å². The summed E-state index contributed by atoms with van der Waals surface area (Å²) in [5.74, 6) is 0.219. The zero-order chi connectivity index (χ0) is 14.3. The predicted octanol–water partition coefficient (Wildman–Crippen LogP) is 3.26. The maximum atomic E-state index is 12.9. The summed E-state index contributed by atoms with van der Waals surface area (Å²) in [6, 6.07) is 8.62. The van der Waals surface area contributed by atoms with E-state index in [1.165, 1.54) is 12.1 Å². The standard InChI is InChI=1S/C15H21FN2O/c1-12(2)18-15(3,11-17)8-5-9-19-14-7-4-6-13(16)10-14/h4,6-7,10,12,18H,5,8-9H2,1-3H3. The highest BCUT2D eigenvalue weighted by molar-refractivity contribution is 5.22. The lowest BCUT2D eigenvalue weighted by Gasteiger charge is -2.25. The Bertz CT molecular complexity index is 442. The van der Waals surface area contributed by atoms with Crippen LogP contribution >= 0.6 is 0 Å². The fraction of sp³-hybridized carbons (Fsp3) is 0.533. The first kappa shape index (κ1) is 15.5. The normalized spacial score (nSPS) is 13.9. The molecule has 0 spiro atoms. The molecular weight excluding hydrogens is 243 g/mol. The first-order valence-corrected chi connectivity index (χ1v) is 6.52. The van der Waals surface area contributed by atoms with Crippen LogP contribution in [0.2, 0.25) is 0 Å². The lowest BCUT2D eigenvalue weighted by molar-refractivity contribution is 0.279. The quantitative estimate of drug-likeness (QED) is 0.769. The number of hydrogen-bond acceptors (Lipinski definition) is 3. The molecule has 1 unspecified atom stereocenters. The third-order valence-electron chi connectivity index (χ3n) is 2.74. The van der Waals surface area contributed by atoms with Gasteiger partial charge in [-0.15, -0.1) is 0 Å². The number of nitriles is 1. The molecule has 1 aromatic rings. The van der Waals surface area contributed by atoms with Crippen molar-refractivity contribution in [2.75, 3.05) is 6.61 Å². The molecule has 4 heteroatoms. The molecule has 1 rings (SSSR count). The SMILES string of the molecule is CC(C)NC(C)(C#N)CCCOc1cccc(F)c1. The average Bonchev–Trinajstić information content (AvgIpc) is 2.34. The molecule has 0 heterocycles. The molecule has 104 valence electrons. The highest BCUT2D eigenvalue weighted by Gasteiger charge is 2.23. The maximum absolute atomic E-state index is 12.9. The summed E-state index contributed by atoms with van der Waals surface area (Å²) >= 11 is 0. The third kappa shape index (κ3) is 5.71. The van der Waals surface area contributed by atoms with Crippen molar-refractivity contribution < 1.29 is 9.13 Å². The molecule has 1 N–H and O–H groups in total. The Labute approximate surface area is 114 Å². The van der Waals surface area contributed by atoms with Crippen LogP contribution < -0.4 is 10.1 Å². The van der Waals surface area contributed by atoms with Crippen molar-refractivity contribution >= 4 is 0 Å². The molecule has 1 aromatic carbocycles. The van der Waals surface area contributed by atoms with Crippen LogP contribution in [-0.2, 0) is 0 Å². The third-order valence-corrected chi connectivity index (χ3v) is 2.74. The van der Waals surface area contributed by atoms with E-state index in [4.69, 9.17) is 4.74 Å². The van der Waals surface area contributed by atoms with Gasteiger partial charge in [0.15, 0.2) is 0 Å². The van der Waals surface area contributed by atoms with Crippen molar-refractivity contribution in [1.29, 1.82) is 5.26 Å². The number of halogens is 1. The van der Waals surface area contributed by atoms with Gasteiger partial charge in [0.25, 0.3) is 0 Å². The number of benzene rings is 1. The van der Waals surface area contributed by atoms with E-state index in [1.54, 1.807) is 12.1 Å². The van der Waals surface area contributed by atoms with Crippen LogP contribution in [0.15, 0.2) is 24.3 Å². The van der Waals surface area contributed by atoms with Gasteiger partial charge < -0.3 is 4.74 Å². The molecule has 0 aliphatic heterocycles. The predicted molar refractivity (Wildman–Crippen MR) is 73.4 cm³/mol. The van der Waals surface area contributed by atoms with Crippen molar-refractivity contribution in [2.45, 2.75) is 45.2 Å². The molecule has 0 saturated carbocycles. The first-order chi connectivity index (χ1) is 8.95. The van der Waals surface area contributed by atoms with Gasteiger partial charge in [0.1, 0.15) is 17.1 Å². The molecule has 19 heavy (non-hydrogen) atoms. The van der Waals surface area contributed by atoms with E-state index in [0.29, 0.717) is 18.8 Å². The van der Waals surface area contributed by atoms with Crippen molar-refractivity contribution in [3.8, 4) is 11.8 Å². The molecule has 1 atom stereocenters. The monoisotopic (exact) mass is 264 g/mol. The van der Waals surface area contributed by atoms with E-state index in [0.717, 1.165) is 6.42 Å². The number of nitrogens with one attached hydrogen (secondary N) is 1. The fourth-order valence-electron chi connectivity index (χ4n) is 1.97. The van der Waals surface area contributed by atoms with Gasteiger partial charge in [-0.25, -0.2) is 4.39 Å². The zero-order valence-corrected chi connectivity index (χ0v) is 11.7. The van der Waals surface area contributed by atoms with E-state index in [-0.39, 0.29) is 11.9 Å². The number of ether oxygens (including phenoxy) is 1. The largest absolute Gasteiger partial charge is 0.493 e. The van der Waals surface area contributed by atoms with Crippen LogP contribution in [0, 0.1) is 17.1 Å². The first-order valence-electron chi connectivity index (χ1n) is 6.52. The topological polar surface area (TPSA) is 45.0 Å². The summed E-state index contributed by atoms with van der Waals surface area (Å²) in [6.45, 7) is 6.38. The summed E-state index contributed by atoms with van der Waals surface area (Å²) in [6.07, 6.45) is 1.43. The van der Waals surface area contributed by atoms with Gasteiger partial charge in [-0.1, -0.05) is 6.07 Å². The Morgan fingerprint density at radius 2 is 2.21 bits per heavy atom. The van der Waals surface area contributed by atoms with Crippen molar-refractivity contribution in [3.05, 3.63) is 30.1 Å². The molecule has 0 radical (unpaired) electrons. The summed E-state index contributed by atoms with van der Waals surface area (Å²) in [5.41, 5.74) is -0.542. The Morgan fingerprint density at radius 1 is 1.47 bits per heavy atom.